The molecule has 1 unspecified atom stereocenters. The summed E-state index contributed by atoms with van der Waals surface area (Å²) in [5.74, 6) is -0.0281. The van der Waals surface area contributed by atoms with Crippen LogP contribution in [0.5, 0.6) is 0 Å². The Labute approximate surface area is 184 Å². The van der Waals surface area contributed by atoms with Crippen LogP contribution in [-0.4, -0.2) is 36.3 Å². The average Bonchev–Trinajstić information content (AvgIpc) is 3.56. The number of pyridine rings is 1. The van der Waals surface area contributed by atoms with Crippen LogP contribution in [0.15, 0.2) is 72.4 Å². The number of fused-ring (bicyclic) bond motifs is 2. The largest absolute Gasteiger partial charge is 0.307 e. The van der Waals surface area contributed by atoms with Gasteiger partial charge < -0.3 is 4.40 Å². The summed E-state index contributed by atoms with van der Waals surface area (Å²) in [6.07, 6.45) is 10.8. The summed E-state index contributed by atoms with van der Waals surface area (Å²) in [6.45, 7) is 4.66. The van der Waals surface area contributed by atoms with Gasteiger partial charge in [0.25, 0.3) is 0 Å². The van der Waals surface area contributed by atoms with Gasteiger partial charge in [0, 0.05) is 43.0 Å². The second-order valence-electron chi connectivity index (χ2n) is 7.88. The van der Waals surface area contributed by atoms with Crippen molar-refractivity contribution in [2.24, 2.45) is 5.10 Å². The molecule has 1 aromatic carbocycles. The molecular formula is C24H21N7O. The lowest BCUT2D eigenvalue weighted by Crippen LogP contribution is -2.27. The molecule has 5 rings (SSSR count). The number of nitrogens with zero attached hydrogens (tertiary/aromatic N) is 7. The first-order valence-electron chi connectivity index (χ1n) is 10.4. The van der Waals surface area contributed by atoms with Gasteiger partial charge in [-0.05, 0) is 36.2 Å². The van der Waals surface area contributed by atoms with Gasteiger partial charge >= 0.3 is 0 Å². The zero-order valence-corrected chi connectivity index (χ0v) is 17.4. The number of carbonyl (C=O) groups is 1. The van der Waals surface area contributed by atoms with Crippen molar-refractivity contribution < 1.29 is 4.79 Å². The van der Waals surface area contributed by atoms with E-state index in [2.05, 4.69) is 27.8 Å². The molecule has 0 radical (unpaired) electrons. The Hall–Kier alpha value is -4.25. The molecule has 0 spiro atoms. The normalized spacial score (nSPS) is 15.5. The van der Waals surface area contributed by atoms with Crippen molar-refractivity contribution in [1.29, 1.82) is 5.26 Å². The van der Waals surface area contributed by atoms with Crippen LogP contribution in [0, 0.1) is 11.3 Å². The van der Waals surface area contributed by atoms with Crippen molar-refractivity contribution >= 4 is 28.7 Å². The van der Waals surface area contributed by atoms with E-state index in [-0.39, 0.29) is 11.9 Å². The van der Waals surface area contributed by atoms with E-state index in [1.54, 1.807) is 29.7 Å². The molecule has 0 N–H and O–H groups in total. The van der Waals surface area contributed by atoms with Crippen molar-refractivity contribution in [2.75, 3.05) is 0 Å². The first-order chi connectivity index (χ1) is 15.6. The van der Waals surface area contributed by atoms with Gasteiger partial charge in [-0.15, -0.1) is 0 Å². The van der Waals surface area contributed by atoms with Gasteiger partial charge in [0.05, 0.1) is 35.9 Å². The number of imidazole rings is 1. The standard InChI is InChI=1S/C24H21N7O/c1-17(15-30-21-5-3-18(13-25)12-20(21)14-28-30)2-7-24(32)31-22(8-9-27-31)19-4-6-23-26-10-11-29(23)16-19/h3-6,9-12,14,16,22H,1-2,7-8,15H2. The molecule has 1 atom stereocenters. The number of hydrogen-bond donors (Lipinski definition) is 0. The lowest BCUT2D eigenvalue weighted by molar-refractivity contribution is -0.133. The average molecular weight is 423 g/mol. The summed E-state index contributed by atoms with van der Waals surface area (Å²) in [5, 5.41) is 20.3. The fourth-order valence-corrected chi connectivity index (χ4v) is 4.04. The molecule has 0 saturated heterocycles. The minimum Gasteiger partial charge on any atom is -0.307 e. The van der Waals surface area contributed by atoms with E-state index in [0.717, 1.165) is 27.7 Å². The first-order valence-corrected chi connectivity index (χ1v) is 10.4. The van der Waals surface area contributed by atoms with E-state index in [4.69, 9.17) is 5.26 Å². The summed E-state index contributed by atoms with van der Waals surface area (Å²) in [5.41, 5.74) is 4.36. The number of aromatic nitrogens is 4. The molecule has 1 aliphatic rings. The Morgan fingerprint density at radius 3 is 3.03 bits per heavy atom. The highest BCUT2D eigenvalue weighted by Crippen LogP contribution is 2.29. The van der Waals surface area contributed by atoms with Crippen LogP contribution in [0.2, 0.25) is 0 Å². The monoisotopic (exact) mass is 423 g/mol. The van der Waals surface area contributed by atoms with Crippen LogP contribution >= 0.6 is 0 Å². The second-order valence-corrected chi connectivity index (χ2v) is 7.88. The summed E-state index contributed by atoms with van der Waals surface area (Å²) >= 11 is 0. The number of benzene rings is 1. The molecule has 0 bridgehead atoms. The molecule has 32 heavy (non-hydrogen) atoms. The molecule has 0 fully saturated rings. The van der Waals surface area contributed by atoms with Crippen molar-refractivity contribution in [3.05, 3.63) is 78.4 Å². The Kier molecular flexibility index (Phi) is 5.00. The molecule has 3 aromatic heterocycles. The molecule has 0 aliphatic carbocycles. The van der Waals surface area contributed by atoms with Gasteiger partial charge in [0.1, 0.15) is 5.65 Å². The SMILES string of the molecule is C=C(CCC(=O)N1N=CCC1c1ccc2nccn2c1)Cn1ncc2cc(C#N)ccc21. The quantitative estimate of drug-likeness (QED) is 0.441. The van der Waals surface area contributed by atoms with E-state index in [9.17, 15) is 4.79 Å². The molecular weight excluding hydrogens is 402 g/mol. The Balaban J connectivity index is 1.22. The fraction of sp³-hybridized carbons (Fsp3) is 0.208. The third-order valence-corrected chi connectivity index (χ3v) is 5.72. The summed E-state index contributed by atoms with van der Waals surface area (Å²) in [7, 11) is 0. The minimum absolute atomic E-state index is 0.0281. The maximum atomic E-state index is 12.9. The predicted octanol–water partition coefficient (Wildman–Crippen LogP) is 3.85. The maximum Gasteiger partial charge on any atom is 0.243 e. The molecule has 4 aromatic rings. The number of amides is 1. The molecule has 4 heterocycles. The van der Waals surface area contributed by atoms with Crippen LogP contribution in [-0.2, 0) is 11.3 Å². The van der Waals surface area contributed by atoms with Gasteiger partial charge in [0.15, 0.2) is 0 Å². The molecule has 8 heteroatoms. The number of hydrazone groups is 1. The third kappa shape index (κ3) is 3.65. The number of hydrogen-bond acceptors (Lipinski definition) is 5. The number of nitriles is 1. The van der Waals surface area contributed by atoms with E-state index >= 15 is 0 Å². The van der Waals surface area contributed by atoms with Crippen LogP contribution < -0.4 is 0 Å². The highest BCUT2D eigenvalue weighted by atomic mass is 16.2. The highest BCUT2D eigenvalue weighted by Gasteiger charge is 2.28. The third-order valence-electron chi connectivity index (χ3n) is 5.72. The Morgan fingerprint density at radius 1 is 1.25 bits per heavy atom. The van der Waals surface area contributed by atoms with Gasteiger partial charge in [-0.2, -0.15) is 15.5 Å². The predicted molar refractivity (Wildman–Crippen MR) is 121 cm³/mol. The smallest absolute Gasteiger partial charge is 0.243 e. The van der Waals surface area contributed by atoms with Crippen LogP contribution in [0.1, 0.15) is 36.4 Å². The number of rotatable bonds is 6. The van der Waals surface area contributed by atoms with Crippen molar-refractivity contribution in [3.63, 3.8) is 0 Å². The summed E-state index contributed by atoms with van der Waals surface area (Å²) in [6, 6.07) is 11.5. The van der Waals surface area contributed by atoms with Crippen LogP contribution in [0.3, 0.4) is 0 Å². The van der Waals surface area contributed by atoms with Crippen molar-refractivity contribution in [3.8, 4) is 6.07 Å². The highest BCUT2D eigenvalue weighted by molar-refractivity contribution is 5.81. The molecule has 1 amide bonds. The van der Waals surface area contributed by atoms with E-state index in [1.165, 1.54) is 0 Å². The lowest BCUT2D eigenvalue weighted by Gasteiger charge is -2.22. The van der Waals surface area contributed by atoms with Crippen LogP contribution in [0.4, 0.5) is 0 Å². The van der Waals surface area contributed by atoms with E-state index in [0.29, 0.717) is 31.4 Å². The summed E-state index contributed by atoms with van der Waals surface area (Å²) in [4.78, 5) is 17.2. The number of allylic oxidation sites excluding steroid dienone is 1. The lowest BCUT2D eigenvalue weighted by atomic mass is 10.1. The fourth-order valence-electron chi connectivity index (χ4n) is 4.04. The van der Waals surface area contributed by atoms with Crippen LogP contribution in [0.25, 0.3) is 16.6 Å². The van der Waals surface area contributed by atoms with Gasteiger partial charge in [-0.1, -0.05) is 18.2 Å². The molecule has 1 aliphatic heterocycles. The zero-order chi connectivity index (χ0) is 22.1. The Bertz CT molecular complexity index is 1400. The molecule has 0 saturated carbocycles. The summed E-state index contributed by atoms with van der Waals surface area (Å²) < 4.78 is 3.80. The van der Waals surface area contributed by atoms with Crippen molar-refractivity contribution in [1.82, 2.24) is 24.2 Å². The maximum absolute atomic E-state index is 12.9. The van der Waals surface area contributed by atoms with Gasteiger partial charge in [-0.3, -0.25) is 9.48 Å². The first kappa shape index (κ1) is 19.7. The van der Waals surface area contributed by atoms with Gasteiger partial charge in [-0.25, -0.2) is 9.99 Å². The zero-order valence-electron chi connectivity index (χ0n) is 17.4. The van der Waals surface area contributed by atoms with E-state index in [1.807, 2.05) is 45.7 Å². The van der Waals surface area contributed by atoms with Gasteiger partial charge in [0.2, 0.25) is 5.91 Å². The topological polar surface area (TPSA) is 91.6 Å². The Morgan fingerprint density at radius 2 is 2.16 bits per heavy atom. The van der Waals surface area contributed by atoms with Crippen molar-refractivity contribution in [2.45, 2.75) is 31.8 Å². The second kappa shape index (κ2) is 8.12. The minimum atomic E-state index is -0.105. The number of carbonyl (C=O) groups excluding carboxylic acids is 1. The molecule has 8 nitrogen and oxygen atoms in total. The van der Waals surface area contributed by atoms with E-state index < -0.39 is 0 Å². The molecule has 158 valence electrons.